The fourth-order valence-electron chi connectivity index (χ4n) is 5.11. The van der Waals surface area contributed by atoms with Crippen LogP contribution in [0.25, 0.3) is 55.4 Å². The molecule has 37 heavy (non-hydrogen) atoms. The summed E-state index contributed by atoms with van der Waals surface area (Å²) >= 11 is 0. The first-order valence-electron chi connectivity index (χ1n) is 12.7. The van der Waals surface area contributed by atoms with Gasteiger partial charge in [0.15, 0.2) is 5.82 Å². The maximum Gasteiger partial charge on any atom is 0.159 e. The van der Waals surface area contributed by atoms with Crippen molar-refractivity contribution in [3.8, 4) is 22.6 Å². The van der Waals surface area contributed by atoms with E-state index in [9.17, 15) is 0 Å². The molecule has 3 heterocycles. The van der Waals surface area contributed by atoms with Crippen LogP contribution in [0.15, 0.2) is 73.1 Å². The number of hydrogen-bond donors (Lipinski definition) is 2. The summed E-state index contributed by atoms with van der Waals surface area (Å²) < 4.78 is 1.94. The molecule has 0 spiro atoms. The van der Waals surface area contributed by atoms with Crippen LogP contribution >= 0.6 is 7.95 Å². The Morgan fingerprint density at radius 1 is 1.05 bits per heavy atom. The van der Waals surface area contributed by atoms with Gasteiger partial charge >= 0.3 is 0 Å². The van der Waals surface area contributed by atoms with E-state index >= 15 is 0 Å². The summed E-state index contributed by atoms with van der Waals surface area (Å²) in [5, 5.41) is 11.9. The van der Waals surface area contributed by atoms with Crippen molar-refractivity contribution in [2.45, 2.75) is 19.4 Å². The molecule has 1 unspecified atom stereocenters. The molecular weight excluding hydrogens is 474 g/mol. The molecule has 7 rings (SSSR count). The molecule has 0 amide bonds. The highest BCUT2D eigenvalue weighted by atomic mass is 31.1. The summed E-state index contributed by atoms with van der Waals surface area (Å²) in [7, 11) is 5.44. The van der Waals surface area contributed by atoms with Gasteiger partial charge in [0.25, 0.3) is 0 Å². The van der Waals surface area contributed by atoms with Crippen molar-refractivity contribution >= 4 is 48.2 Å². The van der Waals surface area contributed by atoms with Crippen LogP contribution in [-0.4, -0.2) is 45.3 Å². The van der Waals surface area contributed by atoms with Gasteiger partial charge in [-0.05, 0) is 74.6 Å². The number of hydrogen-bond acceptors (Lipinski definition) is 4. The molecule has 1 aliphatic rings. The Balaban J connectivity index is 1.36. The van der Waals surface area contributed by atoms with Gasteiger partial charge in [0.05, 0.1) is 16.6 Å². The van der Waals surface area contributed by atoms with Crippen molar-refractivity contribution in [3.63, 3.8) is 0 Å². The lowest BCUT2D eigenvalue weighted by Crippen LogP contribution is -2.16. The van der Waals surface area contributed by atoms with Crippen LogP contribution in [0, 0.1) is 5.92 Å². The van der Waals surface area contributed by atoms with Gasteiger partial charge in [0, 0.05) is 35.3 Å². The fraction of sp³-hybridized carbons (Fsp3) is 0.207. The molecule has 2 N–H and O–H groups in total. The number of aromatic amines is 1. The first-order valence-corrected chi connectivity index (χ1v) is 14.5. The number of H-pyrrole nitrogens is 1. The first kappa shape index (κ1) is 22.6. The molecule has 1 fully saturated rings. The molecule has 0 bridgehead atoms. The van der Waals surface area contributed by atoms with Gasteiger partial charge in [-0.3, -0.25) is 9.44 Å². The number of fused-ring (bicyclic) bond motifs is 3. The molecule has 3 aromatic heterocycles. The molecule has 6 nitrogen and oxygen atoms in total. The van der Waals surface area contributed by atoms with Gasteiger partial charge in [-0.2, -0.15) is 5.10 Å². The molecule has 6 aromatic rings. The van der Waals surface area contributed by atoms with E-state index in [0.29, 0.717) is 0 Å². The van der Waals surface area contributed by atoms with Crippen LogP contribution < -0.4 is 5.32 Å². The van der Waals surface area contributed by atoms with Crippen molar-refractivity contribution in [3.05, 3.63) is 78.6 Å². The highest BCUT2D eigenvalue weighted by molar-refractivity contribution is 7.80. The normalized spacial score (nSPS) is 14.6. The van der Waals surface area contributed by atoms with E-state index < -0.39 is 7.95 Å². The van der Waals surface area contributed by atoms with Crippen molar-refractivity contribution in [2.24, 2.45) is 5.92 Å². The first-order chi connectivity index (χ1) is 18.2. The lowest BCUT2D eigenvalue weighted by atomic mass is 9.99. The van der Waals surface area contributed by atoms with Gasteiger partial charge in [0.2, 0.25) is 0 Å². The number of nitrogens with zero attached hydrogens (tertiary/aromatic N) is 4. The zero-order chi connectivity index (χ0) is 24.9. The van der Waals surface area contributed by atoms with Crippen LogP contribution in [0.5, 0.6) is 0 Å². The summed E-state index contributed by atoms with van der Waals surface area (Å²) in [6.07, 6.45) is 6.53. The van der Waals surface area contributed by atoms with E-state index in [4.69, 9.17) is 17.6 Å². The minimum absolute atomic E-state index is 0.762. The number of para-hydroxylation sites is 1. The zero-order valence-corrected chi connectivity index (χ0v) is 21.5. The van der Waals surface area contributed by atoms with Crippen molar-refractivity contribution < 1.29 is 0 Å². The van der Waals surface area contributed by atoms with Crippen LogP contribution in [0.1, 0.15) is 18.4 Å². The van der Waals surface area contributed by atoms with Gasteiger partial charge in [-0.25, -0.2) is 4.98 Å². The standard InChI is InChI=1S/C29H26BN6P/c1-37(30)36-26-12-11-19(24-17-32-15-20-5-2-3-7-22(20)24)13-23(26)28(35-36)29-33-25-8-4-6-21(27(25)34-29)16-31-14-18-9-10-18/h2-8,11-13,15,17-18,31H,9-10,14,16H2,1H3,(H,33,34). The SMILES string of the molecule is [B]P(C)n1nc(-c2nc3c(CNCC4CC4)cccc3[nH]2)c2cc(-c3cncc4ccccc34)ccc21. The summed E-state index contributed by atoms with van der Waals surface area (Å²) in [4.78, 5) is 13.1. The van der Waals surface area contributed by atoms with Crippen LogP contribution in [0.4, 0.5) is 0 Å². The Morgan fingerprint density at radius 3 is 2.81 bits per heavy atom. The van der Waals surface area contributed by atoms with Gasteiger partial charge in [-0.1, -0.05) is 42.5 Å². The smallest absolute Gasteiger partial charge is 0.159 e. The third-order valence-electron chi connectivity index (χ3n) is 7.21. The number of benzene rings is 3. The summed E-state index contributed by atoms with van der Waals surface area (Å²) in [5.74, 6) is 1.61. The predicted octanol–water partition coefficient (Wildman–Crippen LogP) is 6.25. The maximum atomic E-state index is 6.39. The van der Waals surface area contributed by atoms with Crippen LogP contribution in [0.2, 0.25) is 0 Å². The Morgan fingerprint density at radius 2 is 1.95 bits per heavy atom. The topological polar surface area (TPSA) is 71.4 Å². The quantitative estimate of drug-likeness (QED) is 0.201. The second-order valence-electron chi connectivity index (χ2n) is 9.92. The fourth-order valence-corrected chi connectivity index (χ4v) is 5.86. The van der Waals surface area contributed by atoms with Gasteiger partial charge in [-0.15, -0.1) is 0 Å². The predicted molar refractivity (Wildman–Crippen MR) is 154 cm³/mol. The summed E-state index contributed by atoms with van der Waals surface area (Å²) in [6, 6.07) is 21.1. The molecule has 3 aromatic carbocycles. The number of imidazole rings is 1. The third-order valence-corrected chi connectivity index (χ3v) is 8.11. The molecule has 0 saturated heterocycles. The van der Waals surface area contributed by atoms with Gasteiger partial charge in [0.1, 0.15) is 13.3 Å². The Bertz CT molecular complexity index is 1760. The number of rotatable bonds is 7. The van der Waals surface area contributed by atoms with E-state index in [2.05, 4.69) is 69.9 Å². The minimum Gasteiger partial charge on any atom is -0.337 e. The second kappa shape index (κ2) is 9.09. The number of aromatic nitrogens is 5. The highest BCUT2D eigenvalue weighted by Gasteiger charge is 2.21. The molecular formula is C29H26BN6P. The van der Waals surface area contributed by atoms with E-state index in [1.54, 1.807) is 0 Å². The highest BCUT2D eigenvalue weighted by Crippen LogP contribution is 2.39. The molecule has 2 radical (unpaired) electrons. The molecule has 180 valence electrons. The molecule has 1 saturated carbocycles. The summed E-state index contributed by atoms with van der Waals surface area (Å²) in [6.45, 7) is 3.90. The van der Waals surface area contributed by atoms with Crippen molar-refractivity contribution in [1.82, 2.24) is 29.8 Å². The minimum atomic E-state index is -0.954. The second-order valence-corrected chi connectivity index (χ2v) is 11.5. The lowest BCUT2D eigenvalue weighted by molar-refractivity contribution is 0.640. The maximum absolute atomic E-state index is 6.39. The lowest BCUT2D eigenvalue weighted by Gasteiger charge is -2.09. The van der Waals surface area contributed by atoms with E-state index in [1.165, 1.54) is 23.8 Å². The van der Waals surface area contributed by atoms with Crippen molar-refractivity contribution in [1.29, 1.82) is 0 Å². The average Bonchev–Trinajstić information content (AvgIpc) is 3.50. The van der Waals surface area contributed by atoms with Crippen LogP contribution in [0.3, 0.4) is 0 Å². The Kier molecular flexibility index (Phi) is 5.56. The Hall–Kier alpha value is -3.54. The monoisotopic (exact) mass is 500 g/mol. The van der Waals surface area contributed by atoms with Crippen molar-refractivity contribution in [2.75, 3.05) is 13.2 Å². The van der Waals surface area contributed by atoms with Gasteiger partial charge < -0.3 is 10.3 Å². The molecule has 8 heteroatoms. The van der Waals surface area contributed by atoms with E-state index in [-0.39, 0.29) is 0 Å². The zero-order valence-electron chi connectivity index (χ0n) is 20.6. The molecule has 1 atom stereocenters. The van der Waals surface area contributed by atoms with E-state index in [1.807, 2.05) is 29.6 Å². The molecule has 0 aliphatic heterocycles. The summed E-state index contributed by atoms with van der Waals surface area (Å²) in [5.41, 5.74) is 7.22. The largest absolute Gasteiger partial charge is 0.337 e. The number of nitrogens with one attached hydrogen (secondary N) is 2. The van der Waals surface area contributed by atoms with E-state index in [0.717, 1.165) is 69.0 Å². The molecule has 1 aliphatic carbocycles. The number of pyridine rings is 1. The average molecular weight is 500 g/mol. The van der Waals surface area contributed by atoms with Crippen LogP contribution in [-0.2, 0) is 6.54 Å². The third kappa shape index (κ3) is 4.13. The Labute approximate surface area is 217 Å².